The maximum atomic E-state index is 13.9. The van der Waals surface area contributed by atoms with Gasteiger partial charge in [-0.05, 0) is 41.3 Å². The molecule has 7 aromatic carbocycles. The van der Waals surface area contributed by atoms with Crippen molar-refractivity contribution in [2.75, 3.05) is 0 Å². The number of furan rings is 1. The van der Waals surface area contributed by atoms with Gasteiger partial charge in [0.1, 0.15) is 11.2 Å². The number of hydrogen-bond donors (Lipinski definition) is 0. The van der Waals surface area contributed by atoms with Crippen LogP contribution in [0.5, 0.6) is 0 Å². The summed E-state index contributed by atoms with van der Waals surface area (Å²) in [6.07, 6.45) is 0.633. The summed E-state index contributed by atoms with van der Waals surface area (Å²) in [5, 5.41) is 5.52. The zero-order chi connectivity index (χ0) is 32.7. The van der Waals surface area contributed by atoms with Crippen LogP contribution in [0.4, 0.5) is 0 Å². The Kier molecular flexibility index (Phi) is 7.09. The fourth-order valence-corrected chi connectivity index (χ4v) is 7.28. The lowest BCUT2D eigenvalue weighted by Gasteiger charge is -2.17. The summed E-state index contributed by atoms with van der Waals surface area (Å²) in [6, 6.07) is 57.7. The maximum absolute atomic E-state index is 13.9. The molecule has 1 atom stereocenters. The normalized spacial score (nSPS) is 12.2. The van der Waals surface area contributed by atoms with Crippen molar-refractivity contribution in [2.24, 2.45) is 0 Å². The van der Waals surface area contributed by atoms with E-state index in [1.165, 1.54) is 0 Å². The summed E-state index contributed by atoms with van der Waals surface area (Å²) in [7, 11) is 0. The number of benzene rings is 7. The van der Waals surface area contributed by atoms with E-state index in [-0.39, 0.29) is 11.7 Å². The van der Waals surface area contributed by atoms with E-state index in [1.807, 2.05) is 60.7 Å². The van der Waals surface area contributed by atoms with Crippen molar-refractivity contribution < 1.29 is 9.21 Å². The van der Waals surface area contributed by atoms with E-state index in [2.05, 4.69) is 109 Å². The summed E-state index contributed by atoms with van der Waals surface area (Å²) in [5.74, 6) is -0.173. The number of carbonyl (C=O) groups is 1. The van der Waals surface area contributed by atoms with Gasteiger partial charge in [0.05, 0.1) is 17.1 Å². The van der Waals surface area contributed by atoms with Crippen LogP contribution in [-0.4, -0.2) is 10.8 Å². The first-order valence-electron chi connectivity index (χ1n) is 16.7. The molecular weight excluding hydrogens is 599 g/mol. The number of para-hydroxylation sites is 2. The van der Waals surface area contributed by atoms with E-state index in [0.717, 1.165) is 82.7 Å². The Bertz CT molecular complexity index is 2620. The standard InChI is InChI=1S/C46H31NO2/c48-45(34-17-8-3-9-18-34)39(29-30-13-4-1-5-14-30)32-25-23-31(24-26-32)35-20-12-21-38-43-41(49-46(35)38)28-27-37-42(43)36-19-10-11-22-40(36)47-44(37)33-15-6-2-7-16-33/h1-28,39H,29H2. The van der Waals surface area contributed by atoms with Crippen LogP contribution in [0.3, 0.4) is 0 Å². The van der Waals surface area contributed by atoms with Gasteiger partial charge in [0.25, 0.3) is 0 Å². The molecule has 0 bridgehead atoms. The van der Waals surface area contributed by atoms with Gasteiger partial charge < -0.3 is 4.42 Å². The van der Waals surface area contributed by atoms with Gasteiger partial charge in [-0.15, -0.1) is 0 Å². The number of hydrogen-bond acceptors (Lipinski definition) is 3. The van der Waals surface area contributed by atoms with Gasteiger partial charge in [-0.25, -0.2) is 4.98 Å². The highest BCUT2D eigenvalue weighted by Crippen LogP contribution is 2.43. The van der Waals surface area contributed by atoms with E-state index in [9.17, 15) is 4.79 Å². The highest BCUT2D eigenvalue weighted by atomic mass is 16.3. The second-order valence-corrected chi connectivity index (χ2v) is 12.6. The van der Waals surface area contributed by atoms with Crippen LogP contribution in [0.1, 0.15) is 27.4 Å². The molecule has 232 valence electrons. The number of pyridine rings is 1. The first-order valence-corrected chi connectivity index (χ1v) is 16.7. The molecule has 9 rings (SSSR count). The van der Waals surface area contributed by atoms with Gasteiger partial charge in [-0.3, -0.25) is 4.79 Å². The molecule has 0 saturated heterocycles. The Morgan fingerprint density at radius 3 is 2.00 bits per heavy atom. The van der Waals surface area contributed by atoms with Gasteiger partial charge in [0.2, 0.25) is 0 Å². The highest BCUT2D eigenvalue weighted by Gasteiger charge is 2.23. The number of fused-ring (bicyclic) bond motifs is 7. The third kappa shape index (κ3) is 5.08. The molecule has 0 N–H and O–H groups in total. The van der Waals surface area contributed by atoms with Crippen molar-refractivity contribution in [3.63, 3.8) is 0 Å². The smallest absolute Gasteiger partial charge is 0.170 e. The number of aromatic nitrogens is 1. The average Bonchev–Trinajstić information content (AvgIpc) is 3.57. The molecule has 0 saturated carbocycles. The van der Waals surface area contributed by atoms with Gasteiger partial charge >= 0.3 is 0 Å². The van der Waals surface area contributed by atoms with Crippen LogP contribution in [0.15, 0.2) is 174 Å². The molecule has 3 nitrogen and oxygen atoms in total. The van der Waals surface area contributed by atoms with Crippen molar-refractivity contribution in [3.8, 4) is 22.4 Å². The molecule has 0 radical (unpaired) electrons. The zero-order valence-corrected chi connectivity index (χ0v) is 26.7. The Balaban J connectivity index is 1.19. The van der Waals surface area contributed by atoms with Gasteiger partial charge in [0.15, 0.2) is 5.78 Å². The van der Waals surface area contributed by atoms with Crippen molar-refractivity contribution >= 4 is 49.4 Å². The fraction of sp³-hybridized carbons (Fsp3) is 0.0435. The summed E-state index contributed by atoms with van der Waals surface area (Å²) in [6.45, 7) is 0. The van der Waals surface area contributed by atoms with Crippen molar-refractivity contribution in [1.82, 2.24) is 4.98 Å². The summed E-state index contributed by atoms with van der Waals surface area (Å²) in [5.41, 5.74) is 9.62. The molecule has 1 unspecified atom stereocenters. The molecule has 0 aliphatic heterocycles. The SMILES string of the molecule is O=C(c1ccccc1)C(Cc1ccccc1)c1ccc(-c2cccc3c2oc2ccc4c(-c5ccccc5)nc5ccccc5c4c23)cc1. The Morgan fingerprint density at radius 1 is 0.551 bits per heavy atom. The molecule has 49 heavy (non-hydrogen) atoms. The first kappa shape index (κ1) is 28.9. The zero-order valence-electron chi connectivity index (χ0n) is 26.7. The third-order valence-corrected chi connectivity index (χ3v) is 9.65. The van der Waals surface area contributed by atoms with Crippen LogP contribution in [0.2, 0.25) is 0 Å². The Morgan fingerprint density at radius 2 is 1.22 bits per heavy atom. The number of rotatable bonds is 7. The van der Waals surface area contributed by atoms with Crippen molar-refractivity contribution in [2.45, 2.75) is 12.3 Å². The summed E-state index contributed by atoms with van der Waals surface area (Å²) < 4.78 is 6.72. The van der Waals surface area contributed by atoms with E-state index in [1.54, 1.807) is 0 Å². The minimum atomic E-state index is -0.298. The minimum absolute atomic E-state index is 0.125. The maximum Gasteiger partial charge on any atom is 0.170 e. The molecule has 0 spiro atoms. The largest absolute Gasteiger partial charge is 0.455 e. The van der Waals surface area contributed by atoms with Crippen LogP contribution in [-0.2, 0) is 6.42 Å². The van der Waals surface area contributed by atoms with Gasteiger partial charge in [0, 0.05) is 43.6 Å². The number of nitrogens with zero attached hydrogens (tertiary/aromatic N) is 1. The summed E-state index contributed by atoms with van der Waals surface area (Å²) >= 11 is 0. The first-order chi connectivity index (χ1) is 24.2. The quantitative estimate of drug-likeness (QED) is 0.130. The lowest BCUT2D eigenvalue weighted by molar-refractivity contribution is 0.0959. The summed E-state index contributed by atoms with van der Waals surface area (Å²) in [4.78, 5) is 19.0. The number of ketones is 1. The molecule has 3 heteroatoms. The topological polar surface area (TPSA) is 43.1 Å². The number of Topliss-reactive ketones (excluding diaryl/α,β-unsaturated/α-hetero) is 1. The lowest BCUT2D eigenvalue weighted by Crippen LogP contribution is -2.15. The minimum Gasteiger partial charge on any atom is -0.455 e. The molecule has 2 heterocycles. The Labute approximate surface area is 284 Å². The second-order valence-electron chi connectivity index (χ2n) is 12.6. The van der Waals surface area contributed by atoms with Crippen LogP contribution < -0.4 is 0 Å². The molecule has 9 aromatic rings. The third-order valence-electron chi connectivity index (χ3n) is 9.65. The van der Waals surface area contributed by atoms with E-state index in [4.69, 9.17) is 9.40 Å². The van der Waals surface area contributed by atoms with Crippen molar-refractivity contribution in [3.05, 3.63) is 187 Å². The molecule has 0 aliphatic rings. The van der Waals surface area contributed by atoms with E-state index >= 15 is 0 Å². The lowest BCUT2D eigenvalue weighted by atomic mass is 9.85. The van der Waals surface area contributed by atoms with Crippen LogP contribution in [0, 0.1) is 0 Å². The second kappa shape index (κ2) is 12.0. The predicted molar refractivity (Wildman–Crippen MR) is 201 cm³/mol. The van der Waals surface area contributed by atoms with Gasteiger partial charge in [-0.2, -0.15) is 0 Å². The molecular formula is C46H31NO2. The van der Waals surface area contributed by atoms with Gasteiger partial charge in [-0.1, -0.05) is 152 Å². The van der Waals surface area contributed by atoms with E-state index < -0.39 is 0 Å². The Hall–Kier alpha value is -6.32. The molecule has 0 amide bonds. The predicted octanol–water partition coefficient (Wildman–Crippen LogP) is 11.8. The molecule has 2 aromatic heterocycles. The van der Waals surface area contributed by atoms with Crippen LogP contribution in [0.25, 0.3) is 66.0 Å². The fourth-order valence-electron chi connectivity index (χ4n) is 7.28. The molecule has 0 aliphatic carbocycles. The molecule has 0 fully saturated rings. The highest BCUT2D eigenvalue weighted by molar-refractivity contribution is 6.29. The van der Waals surface area contributed by atoms with Crippen LogP contribution >= 0.6 is 0 Å². The van der Waals surface area contributed by atoms with Crippen molar-refractivity contribution in [1.29, 1.82) is 0 Å². The van der Waals surface area contributed by atoms with E-state index in [0.29, 0.717) is 6.42 Å². The number of carbonyl (C=O) groups excluding carboxylic acids is 1. The monoisotopic (exact) mass is 629 g/mol. The average molecular weight is 630 g/mol.